The summed E-state index contributed by atoms with van der Waals surface area (Å²) in [4.78, 5) is 16.7. The van der Waals surface area contributed by atoms with Crippen LogP contribution in [0.25, 0.3) is 10.9 Å². The number of amides is 1. The van der Waals surface area contributed by atoms with E-state index in [-0.39, 0.29) is 5.91 Å². The summed E-state index contributed by atoms with van der Waals surface area (Å²) in [6.45, 7) is 1.98. The Morgan fingerprint density at radius 2 is 2.00 bits per heavy atom. The molecule has 1 amide bonds. The largest absolute Gasteiger partial charge is 0.367 e. The van der Waals surface area contributed by atoms with E-state index in [0.717, 1.165) is 22.0 Å². The quantitative estimate of drug-likeness (QED) is 0.420. The highest BCUT2D eigenvalue weighted by Crippen LogP contribution is 2.22. The number of aryl methyl sites for hydroxylation is 1. The minimum Gasteiger partial charge on any atom is -0.367 e. The van der Waals surface area contributed by atoms with Crippen molar-refractivity contribution in [3.63, 3.8) is 0 Å². The van der Waals surface area contributed by atoms with E-state index in [1.54, 1.807) is 0 Å². The first-order valence-corrected chi connectivity index (χ1v) is 8.44. The number of halogens is 1. The fourth-order valence-electron chi connectivity index (χ4n) is 2.68. The van der Waals surface area contributed by atoms with Crippen molar-refractivity contribution in [2.45, 2.75) is 13.0 Å². The summed E-state index contributed by atoms with van der Waals surface area (Å²) < 4.78 is 5.27. The molecule has 0 bridgehead atoms. The lowest BCUT2D eigenvalue weighted by Gasteiger charge is -2.13. The molecule has 2 aromatic carbocycles. The number of benzene rings is 2. The van der Waals surface area contributed by atoms with E-state index >= 15 is 0 Å². The predicted octanol–water partition coefficient (Wildman–Crippen LogP) is 4.03. The third-order valence-corrected chi connectivity index (χ3v) is 4.29. The Hall–Kier alpha value is -2.76. The standard InChI is InChI=1S/C20H18ClN3O2/c1-13-7-6-10-15-11-16(19(21)23-17(13)15)12-22-24-20(25)18(26-2)14-8-4-3-5-9-14/h3-12,18H,1-2H3,(H,24,25)/b22-12-/t18-/m0/s1. The van der Waals surface area contributed by atoms with E-state index in [0.29, 0.717) is 10.7 Å². The highest BCUT2D eigenvalue weighted by atomic mass is 35.5. The topological polar surface area (TPSA) is 63.6 Å². The maximum atomic E-state index is 12.3. The second-order valence-corrected chi connectivity index (χ2v) is 6.13. The zero-order valence-corrected chi connectivity index (χ0v) is 15.2. The van der Waals surface area contributed by atoms with Gasteiger partial charge in [0, 0.05) is 18.1 Å². The molecule has 3 aromatic rings. The zero-order valence-electron chi connectivity index (χ0n) is 14.4. The summed E-state index contributed by atoms with van der Waals surface area (Å²) in [7, 11) is 1.48. The van der Waals surface area contributed by atoms with Crippen LogP contribution in [0, 0.1) is 6.92 Å². The van der Waals surface area contributed by atoms with Crippen molar-refractivity contribution in [1.29, 1.82) is 0 Å². The lowest BCUT2D eigenvalue weighted by atomic mass is 10.1. The summed E-state index contributed by atoms with van der Waals surface area (Å²) >= 11 is 6.24. The van der Waals surface area contributed by atoms with Crippen LogP contribution in [0.5, 0.6) is 0 Å². The molecule has 0 aliphatic carbocycles. The summed E-state index contributed by atoms with van der Waals surface area (Å²) in [6.07, 6.45) is 0.744. The maximum Gasteiger partial charge on any atom is 0.273 e. The van der Waals surface area contributed by atoms with Crippen LogP contribution in [0.1, 0.15) is 22.8 Å². The van der Waals surface area contributed by atoms with Gasteiger partial charge in [-0.05, 0) is 24.1 Å². The van der Waals surface area contributed by atoms with Gasteiger partial charge in [-0.15, -0.1) is 0 Å². The summed E-state index contributed by atoms with van der Waals surface area (Å²) in [5.74, 6) is -0.365. The van der Waals surface area contributed by atoms with Gasteiger partial charge >= 0.3 is 0 Å². The zero-order chi connectivity index (χ0) is 18.5. The Morgan fingerprint density at radius 1 is 1.23 bits per heavy atom. The number of nitrogens with zero attached hydrogens (tertiary/aromatic N) is 2. The molecule has 0 unspecified atom stereocenters. The number of para-hydroxylation sites is 1. The van der Waals surface area contributed by atoms with Crippen LogP contribution in [0.15, 0.2) is 59.7 Å². The average molecular weight is 368 g/mol. The van der Waals surface area contributed by atoms with Crippen molar-refractivity contribution in [3.05, 3.63) is 76.4 Å². The van der Waals surface area contributed by atoms with Gasteiger partial charge in [0.05, 0.1) is 11.7 Å². The molecule has 0 spiro atoms. The first-order valence-electron chi connectivity index (χ1n) is 8.06. The monoisotopic (exact) mass is 367 g/mol. The first kappa shape index (κ1) is 18.0. The van der Waals surface area contributed by atoms with Crippen LogP contribution in [-0.4, -0.2) is 24.2 Å². The molecule has 1 atom stereocenters. The molecule has 26 heavy (non-hydrogen) atoms. The third kappa shape index (κ3) is 3.90. The molecule has 6 heteroatoms. The van der Waals surface area contributed by atoms with E-state index in [2.05, 4.69) is 15.5 Å². The molecule has 0 aliphatic heterocycles. The SMILES string of the molecule is CO[C@H](C(=O)N/N=C\c1cc2cccc(C)c2nc1Cl)c1ccccc1. The minimum absolute atomic E-state index is 0.330. The number of carbonyl (C=O) groups is 1. The van der Waals surface area contributed by atoms with Gasteiger partial charge in [-0.2, -0.15) is 5.10 Å². The molecule has 1 heterocycles. The van der Waals surface area contributed by atoms with Crippen molar-refractivity contribution >= 4 is 34.6 Å². The van der Waals surface area contributed by atoms with E-state index in [4.69, 9.17) is 16.3 Å². The molecule has 0 saturated heterocycles. The van der Waals surface area contributed by atoms with E-state index < -0.39 is 6.10 Å². The number of rotatable bonds is 5. The Labute approximate surface area is 156 Å². The first-order chi connectivity index (χ1) is 12.6. The van der Waals surface area contributed by atoms with Crippen molar-refractivity contribution in [2.75, 3.05) is 7.11 Å². The molecular weight excluding hydrogens is 350 g/mol. The van der Waals surface area contributed by atoms with Gasteiger partial charge < -0.3 is 4.74 Å². The average Bonchev–Trinajstić information content (AvgIpc) is 2.64. The van der Waals surface area contributed by atoms with Crippen LogP contribution in [-0.2, 0) is 9.53 Å². The van der Waals surface area contributed by atoms with Gasteiger partial charge in [0.1, 0.15) is 5.15 Å². The number of aromatic nitrogens is 1. The van der Waals surface area contributed by atoms with Crippen LogP contribution in [0.4, 0.5) is 0 Å². The van der Waals surface area contributed by atoms with Crippen molar-refractivity contribution in [2.24, 2.45) is 5.10 Å². The number of carbonyl (C=O) groups excluding carboxylic acids is 1. The highest BCUT2D eigenvalue weighted by Gasteiger charge is 2.19. The van der Waals surface area contributed by atoms with Gasteiger partial charge in [-0.1, -0.05) is 60.1 Å². The molecule has 132 valence electrons. The highest BCUT2D eigenvalue weighted by molar-refractivity contribution is 6.32. The van der Waals surface area contributed by atoms with E-state index in [9.17, 15) is 4.79 Å². The van der Waals surface area contributed by atoms with Crippen molar-refractivity contribution in [1.82, 2.24) is 10.4 Å². The molecule has 0 fully saturated rings. The van der Waals surface area contributed by atoms with Gasteiger partial charge in [0.15, 0.2) is 6.10 Å². The van der Waals surface area contributed by atoms with Crippen LogP contribution < -0.4 is 5.43 Å². The molecule has 5 nitrogen and oxygen atoms in total. The summed E-state index contributed by atoms with van der Waals surface area (Å²) in [5, 5.41) is 5.29. The Morgan fingerprint density at radius 3 is 2.73 bits per heavy atom. The molecule has 0 saturated carbocycles. The number of hydrogen-bond acceptors (Lipinski definition) is 4. The minimum atomic E-state index is -0.735. The number of nitrogens with one attached hydrogen (secondary N) is 1. The van der Waals surface area contributed by atoms with E-state index in [1.807, 2.05) is 61.5 Å². The fourth-order valence-corrected chi connectivity index (χ4v) is 2.87. The van der Waals surface area contributed by atoms with Crippen molar-refractivity contribution in [3.8, 4) is 0 Å². The normalized spacial score (nSPS) is 12.4. The lowest BCUT2D eigenvalue weighted by Crippen LogP contribution is -2.26. The number of fused-ring (bicyclic) bond motifs is 1. The van der Waals surface area contributed by atoms with Gasteiger partial charge in [0.25, 0.3) is 5.91 Å². The Balaban J connectivity index is 1.77. The second-order valence-electron chi connectivity index (χ2n) is 5.78. The second kappa shape index (κ2) is 8.08. The Kier molecular flexibility index (Phi) is 5.61. The van der Waals surface area contributed by atoms with Crippen LogP contribution in [0.2, 0.25) is 5.15 Å². The van der Waals surface area contributed by atoms with Gasteiger partial charge in [-0.25, -0.2) is 10.4 Å². The molecular formula is C20H18ClN3O2. The predicted molar refractivity (Wildman–Crippen MR) is 103 cm³/mol. The number of methoxy groups -OCH3 is 1. The number of pyridine rings is 1. The smallest absolute Gasteiger partial charge is 0.273 e. The van der Waals surface area contributed by atoms with Gasteiger partial charge in [0.2, 0.25) is 0 Å². The third-order valence-electron chi connectivity index (χ3n) is 3.98. The molecule has 1 N–H and O–H groups in total. The van der Waals surface area contributed by atoms with E-state index in [1.165, 1.54) is 13.3 Å². The number of ether oxygens (including phenoxy) is 1. The lowest BCUT2D eigenvalue weighted by molar-refractivity contribution is -0.131. The van der Waals surface area contributed by atoms with Gasteiger partial charge in [-0.3, -0.25) is 4.79 Å². The van der Waals surface area contributed by atoms with Crippen LogP contribution >= 0.6 is 11.6 Å². The molecule has 1 aromatic heterocycles. The number of hydrogen-bond donors (Lipinski definition) is 1. The Bertz CT molecular complexity index is 958. The molecule has 0 radical (unpaired) electrons. The maximum absolute atomic E-state index is 12.3. The van der Waals surface area contributed by atoms with Crippen LogP contribution in [0.3, 0.4) is 0 Å². The van der Waals surface area contributed by atoms with Crippen molar-refractivity contribution < 1.29 is 9.53 Å². The fraction of sp³-hybridized carbons (Fsp3) is 0.150. The summed E-state index contributed by atoms with van der Waals surface area (Å²) in [5.41, 5.74) is 5.76. The molecule has 0 aliphatic rings. The summed E-state index contributed by atoms with van der Waals surface area (Å²) in [6, 6.07) is 17.0. The number of hydrazone groups is 1. The molecule has 3 rings (SSSR count).